The molecule has 116 valence electrons. The lowest BCUT2D eigenvalue weighted by Gasteiger charge is -2.00. The quantitative estimate of drug-likeness (QED) is 0.433. The molecular weight excluding hydrogens is 328 g/mol. The molecule has 0 fully saturated rings. The molecule has 23 heavy (non-hydrogen) atoms. The van der Waals surface area contributed by atoms with E-state index in [9.17, 15) is 4.79 Å². The molecule has 0 aliphatic carbocycles. The summed E-state index contributed by atoms with van der Waals surface area (Å²) in [6.07, 6.45) is 4.98. The minimum absolute atomic E-state index is 0.234. The molecule has 0 unspecified atom stereocenters. The van der Waals surface area contributed by atoms with Gasteiger partial charge in [-0.3, -0.25) is 15.1 Å². The van der Waals surface area contributed by atoms with E-state index in [-0.39, 0.29) is 5.91 Å². The molecule has 1 aromatic carbocycles. The van der Waals surface area contributed by atoms with Crippen molar-refractivity contribution < 1.29 is 4.79 Å². The van der Waals surface area contributed by atoms with E-state index in [1.165, 1.54) is 17.4 Å². The number of thioether (sulfide) groups is 1. The molecule has 1 amide bonds. The van der Waals surface area contributed by atoms with Crippen LogP contribution in [-0.2, 0) is 4.79 Å². The molecule has 7 heteroatoms. The molecule has 0 saturated carbocycles. The molecule has 2 aromatic heterocycles. The summed E-state index contributed by atoms with van der Waals surface area (Å²) in [5.74, 6) is 0.693. The molecule has 5 nitrogen and oxygen atoms in total. The normalized spacial score (nSPS) is 11.2. The Hall–Kier alpha value is -2.25. The van der Waals surface area contributed by atoms with Gasteiger partial charge < -0.3 is 0 Å². The molecule has 2 heterocycles. The zero-order chi connectivity index (χ0) is 16.1. The third-order valence-corrected chi connectivity index (χ3v) is 4.84. The second kappa shape index (κ2) is 7.34. The van der Waals surface area contributed by atoms with Crippen molar-refractivity contribution in [2.45, 2.75) is 11.3 Å². The number of para-hydroxylation sites is 1. The molecule has 0 atom stereocenters. The Balaban J connectivity index is 1.72. The SMILES string of the molecule is CCSc1nnc(NC(=O)/C=C/c2cccc3cccnc23)s1. The van der Waals surface area contributed by atoms with Crippen molar-refractivity contribution in [3.8, 4) is 0 Å². The number of benzene rings is 1. The molecule has 0 spiro atoms. The largest absolute Gasteiger partial charge is 0.297 e. The fourth-order valence-corrected chi connectivity index (χ4v) is 3.67. The first-order chi connectivity index (χ1) is 11.3. The van der Waals surface area contributed by atoms with Crippen LogP contribution in [0, 0.1) is 0 Å². The maximum atomic E-state index is 12.0. The Kier molecular flexibility index (Phi) is 4.99. The number of fused-ring (bicyclic) bond motifs is 1. The molecular formula is C16H14N4OS2. The van der Waals surface area contributed by atoms with Crippen molar-refractivity contribution in [2.24, 2.45) is 0 Å². The van der Waals surface area contributed by atoms with Crippen LogP contribution in [0.1, 0.15) is 12.5 Å². The van der Waals surface area contributed by atoms with Crippen molar-refractivity contribution in [2.75, 3.05) is 11.1 Å². The van der Waals surface area contributed by atoms with Gasteiger partial charge in [-0.2, -0.15) is 0 Å². The first kappa shape index (κ1) is 15.6. The van der Waals surface area contributed by atoms with Gasteiger partial charge >= 0.3 is 0 Å². The van der Waals surface area contributed by atoms with Gasteiger partial charge in [0.25, 0.3) is 0 Å². The highest BCUT2D eigenvalue weighted by molar-refractivity contribution is 8.01. The van der Waals surface area contributed by atoms with Crippen LogP contribution in [-0.4, -0.2) is 26.8 Å². The Labute approximate surface area is 141 Å². The van der Waals surface area contributed by atoms with E-state index >= 15 is 0 Å². The number of nitrogens with zero attached hydrogens (tertiary/aromatic N) is 3. The van der Waals surface area contributed by atoms with Crippen molar-refractivity contribution in [1.29, 1.82) is 0 Å². The van der Waals surface area contributed by atoms with Gasteiger partial charge in [-0.1, -0.05) is 54.3 Å². The number of aromatic nitrogens is 3. The van der Waals surface area contributed by atoms with E-state index < -0.39 is 0 Å². The number of carbonyl (C=O) groups excluding carboxylic acids is 1. The Bertz CT molecular complexity index is 855. The predicted molar refractivity (Wildman–Crippen MR) is 95.7 cm³/mol. The number of pyridine rings is 1. The number of carbonyl (C=O) groups is 1. The second-order valence-corrected chi connectivity index (χ2v) is 7.04. The van der Waals surface area contributed by atoms with Gasteiger partial charge in [0.2, 0.25) is 11.0 Å². The number of rotatable bonds is 5. The summed E-state index contributed by atoms with van der Waals surface area (Å²) in [4.78, 5) is 16.4. The first-order valence-electron chi connectivity index (χ1n) is 7.05. The van der Waals surface area contributed by atoms with E-state index in [0.717, 1.165) is 26.6 Å². The second-order valence-electron chi connectivity index (χ2n) is 4.55. The fraction of sp³-hybridized carbons (Fsp3) is 0.125. The van der Waals surface area contributed by atoms with Gasteiger partial charge in [0.15, 0.2) is 4.34 Å². The van der Waals surface area contributed by atoms with Gasteiger partial charge in [0, 0.05) is 23.2 Å². The van der Waals surface area contributed by atoms with Gasteiger partial charge in [0.1, 0.15) is 0 Å². The summed E-state index contributed by atoms with van der Waals surface area (Å²) in [5, 5.41) is 12.2. The van der Waals surface area contributed by atoms with E-state index in [1.54, 1.807) is 24.0 Å². The molecule has 0 aliphatic rings. The van der Waals surface area contributed by atoms with Crippen LogP contribution < -0.4 is 5.32 Å². The number of anilines is 1. The van der Waals surface area contributed by atoms with Crippen molar-refractivity contribution in [3.05, 3.63) is 48.2 Å². The summed E-state index contributed by atoms with van der Waals surface area (Å²) < 4.78 is 0.852. The zero-order valence-corrected chi connectivity index (χ0v) is 14.0. The molecule has 1 N–H and O–H groups in total. The van der Waals surface area contributed by atoms with E-state index in [0.29, 0.717) is 5.13 Å². The smallest absolute Gasteiger partial charge is 0.250 e. The maximum absolute atomic E-state index is 12.0. The minimum Gasteiger partial charge on any atom is -0.297 e. The highest BCUT2D eigenvalue weighted by Crippen LogP contribution is 2.25. The van der Waals surface area contributed by atoms with Crippen molar-refractivity contribution in [3.63, 3.8) is 0 Å². The summed E-state index contributed by atoms with van der Waals surface area (Å²) in [7, 11) is 0. The first-order valence-corrected chi connectivity index (χ1v) is 8.85. The molecule has 3 rings (SSSR count). The summed E-state index contributed by atoms with van der Waals surface area (Å²) in [6, 6.07) is 9.76. The molecule has 0 aliphatic heterocycles. The maximum Gasteiger partial charge on any atom is 0.250 e. The zero-order valence-electron chi connectivity index (χ0n) is 12.4. The average Bonchev–Trinajstić information content (AvgIpc) is 3.00. The molecule has 0 saturated heterocycles. The summed E-state index contributed by atoms with van der Waals surface area (Å²) >= 11 is 2.97. The molecule has 3 aromatic rings. The lowest BCUT2D eigenvalue weighted by molar-refractivity contribution is -0.111. The number of amides is 1. The van der Waals surface area contributed by atoms with Crippen LogP contribution in [0.4, 0.5) is 5.13 Å². The number of hydrogen-bond donors (Lipinski definition) is 1. The lowest BCUT2D eigenvalue weighted by Crippen LogP contribution is -2.07. The van der Waals surface area contributed by atoms with Crippen LogP contribution in [0.2, 0.25) is 0 Å². The van der Waals surface area contributed by atoms with E-state index in [4.69, 9.17) is 0 Å². The van der Waals surface area contributed by atoms with Crippen LogP contribution in [0.25, 0.3) is 17.0 Å². The van der Waals surface area contributed by atoms with Gasteiger partial charge in [-0.15, -0.1) is 10.2 Å². The number of nitrogens with one attached hydrogen (secondary N) is 1. The van der Waals surface area contributed by atoms with Gasteiger partial charge in [-0.25, -0.2) is 0 Å². The van der Waals surface area contributed by atoms with Gasteiger partial charge in [0.05, 0.1) is 5.52 Å². The lowest BCUT2D eigenvalue weighted by atomic mass is 10.1. The van der Waals surface area contributed by atoms with Crippen LogP contribution in [0.3, 0.4) is 0 Å². The summed E-state index contributed by atoms with van der Waals surface area (Å²) in [5.41, 5.74) is 1.77. The van der Waals surface area contributed by atoms with Crippen LogP contribution >= 0.6 is 23.1 Å². The molecule has 0 bridgehead atoms. The monoisotopic (exact) mass is 342 g/mol. The summed E-state index contributed by atoms with van der Waals surface area (Å²) in [6.45, 7) is 2.05. The van der Waals surface area contributed by atoms with Gasteiger partial charge in [-0.05, 0) is 17.9 Å². The topological polar surface area (TPSA) is 67.8 Å². The number of hydrogen-bond acceptors (Lipinski definition) is 6. The highest BCUT2D eigenvalue weighted by atomic mass is 32.2. The third kappa shape index (κ3) is 3.94. The third-order valence-electron chi connectivity index (χ3n) is 2.98. The Morgan fingerprint density at radius 1 is 1.30 bits per heavy atom. The minimum atomic E-state index is -0.234. The fourth-order valence-electron chi connectivity index (χ4n) is 2.02. The van der Waals surface area contributed by atoms with Crippen molar-refractivity contribution in [1.82, 2.24) is 15.2 Å². The highest BCUT2D eigenvalue weighted by Gasteiger charge is 2.06. The van der Waals surface area contributed by atoms with E-state index in [2.05, 4.69) is 20.5 Å². The van der Waals surface area contributed by atoms with Crippen molar-refractivity contribution >= 4 is 51.1 Å². The average molecular weight is 342 g/mol. The van der Waals surface area contributed by atoms with E-state index in [1.807, 2.05) is 37.3 Å². The predicted octanol–water partition coefficient (Wildman–Crippen LogP) is 3.85. The van der Waals surface area contributed by atoms with Crippen LogP contribution in [0.5, 0.6) is 0 Å². The Morgan fingerprint density at radius 3 is 3.04 bits per heavy atom. The standard InChI is InChI=1S/C16H14N4OS2/c1-2-22-16-20-19-15(23-16)18-13(21)9-8-12-6-3-5-11-7-4-10-17-14(11)12/h3-10H,2H2,1H3,(H,18,19,21)/b9-8+. The molecule has 0 radical (unpaired) electrons. The van der Waals surface area contributed by atoms with Crippen LogP contribution in [0.15, 0.2) is 46.9 Å². The Morgan fingerprint density at radius 2 is 2.17 bits per heavy atom.